The Balaban J connectivity index is 1.99. The molecule has 4 rings (SSSR count). The molecule has 0 atom stereocenters. The average Bonchev–Trinajstić information content (AvgIpc) is 2.92. The molecule has 26 heavy (non-hydrogen) atoms. The van der Waals surface area contributed by atoms with E-state index in [0.29, 0.717) is 16.6 Å². The Morgan fingerprint density at radius 3 is 2.65 bits per heavy atom. The van der Waals surface area contributed by atoms with Crippen molar-refractivity contribution in [2.75, 3.05) is 5.73 Å². The number of aromatic nitrogens is 4. The Morgan fingerprint density at radius 2 is 1.88 bits per heavy atom. The Labute approximate surface area is 144 Å². The zero-order chi connectivity index (χ0) is 18.4. The summed E-state index contributed by atoms with van der Waals surface area (Å²) < 4.78 is 1.68. The van der Waals surface area contributed by atoms with E-state index in [-0.39, 0.29) is 23.7 Å². The van der Waals surface area contributed by atoms with Crippen molar-refractivity contribution in [2.24, 2.45) is 0 Å². The second-order valence-electron chi connectivity index (χ2n) is 5.74. The molecular formula is C16H12N6O4. The molecule has 0 saturated heterocycles. The monoisotopic (exact) mass is 352 g/mol. The number of aromatic amines is 2. The number of fused-ring (bicyclic) bond motifs is 2. The van der Waals surface area contributed by atoms with E-state index in [0.717, 1.165) is 5.52 Å². The fourth-order valence-electron chi connectivity index (χ4n) is 2.94. The lowest BCUT2D eigenvalue weighted by molar-refractivity contribution is -0.384. The van der Waals surface area contributed by atoms with Crippen LogP contribution in [0.3, 0.4) is 0 Å². The minimum absolute atomic E-state index is 0.131. The Hall–Kier alpha value is -3.95. The minimum Gasteiger partial charge on any atom is -0.369 e. The molecule has 0 radical (unpaired) electrons. The number of anilines is 1. The molecule has 0 amide bonds. The summed E-state index contributed by atoms with van der Waals surface area (Å²) in [6, 6.07) is 9.81. The fourth-order valence-corrected chi connectivity index (χ4v) is 2.94. The number of nitrogen functional groups attached to an aromatic ring is 1. The number of nitrogens with two attached hydrogens (primary N) is 1. The van der Waals surface area contributed by atoms with Crippen molar-refractivity contribution in [3.63, 3.8) is 0 Å². The molecule has 0 aliphatic heterocycles. The third-order valence-corrected chi connectivity index (χ3v) is 4.12. The molecule has 0 unspecified atom stereocenters. The molecular weight excluding hydrogens is 340 g/mol. The van der Waals surface area contributed by atoms with Gasteiger partial charge in [0.1, 0.15) is 0 Å². The molecule has 130 valence electrons. The maximum absolute atomic E-state index is 11.7. The van der Waals surface area contributed by atoms with Crippen LogP contribution in [-0.2, 0) is 6.54 Å². The zero-order valence-corrected chi connectivity index (χ0v) is 13.2. The van der Waals surface area contributed by atoms with Gasteiger partial charge in [-0.15, -0.1) is 0 Å². The van der Waals surface area contributed by atoms with Gasteiger partial charge in [-0.2, -0.15) is 0 Å². The summed E-state index contributed by atoms with van der Waals surface area (Å²) in [5.74, 6) is 0.234. The highest BCUT2D eigenvalue weighted by Crippen LogP contribution is 2.25. The van der Waals surface area contributed by atoms with Crippen LogP contribution in [0.25, 0.3) is 22.1 Å². The van der Waals surface area contributed by atoms with Gasteiger partial charge in [0.15, 0.2) is 0 Å². The van der Waals surface area contributed by atoms with Gasteiger partial charge in [-0.3, -0.25) is 19.7 Å². The van der Waals surface area contributed by atoms with Crippen molar-refractivity contribution in [3.05, 3.63) is 72.8 Å². The highest BCUT2D eigenvalue weighted by Gasteiger charge is 2.16. The first-order chi connectivity index (χ1) is 12.4. The molecule has 0 aliphatic rings. The molecule has 10 nitrogen and oxygen atoms in total. The van der Waals surface area contributed by atoms with Crippen molar-refractivity contribution in [1.82, 2.24) is 19.5 Å². The molecule has 0 bridgehead atoms. The number of non-ortho nitro benzene ring substituents is 1. The Kier molecular flexibility index (Phi) is 3.32. The van der Waals surface area contributed by atoms with E-state index in [1.54, 1.807) is 10.6 Å². The molecule has 0 spiro atoms. The lowest BCUT2D eigenvalue weighted by Crippen LogP contribution is -2.29. The normalized spacial score (nSPS) is 11.2. The number of para-hydroxylation sites is 2. The second-order valence-corrected chi connectivity index (χ2v) is 5.74. The highest BCUT2D eigenvalue weighted by molar-refractivity contribution is 5.82. The summed E-state index contributed by atoms with van der Waals surface area (Å²) in [5.41, 5.74) is 6.39. The van der Waals surface area contributed by atoms with Gasteiger partial charge in [-0.1, -0.05) is 12.1 Å². The van der Waals surface area contributed by atoms with Crippen molar-refractivity contribution in [2.45, 2.75) is 6.54 Å². The summed E-state index contributed by atoms with van der Waals surface area (Å²) in [7, 11) is 0. The number of H-pyrrole nitrogens is 2. The summed E-state index contributed by atoms with van der Waals surface area (Å²) in [6.45, 7) is 0.131. The van der Waals surface area contributed by atoms with E-state index in [4.69, 9.17) is 5.73 Å². The van der Waals surface area contributed by atoms with Gasteiger partial charge in [0, 0.05) is 17.7 Å². The number of hydrogen-bond donors (Lipinski definition) is 3. The number of rotatable bonds is 3. The molecule has 0 aliphatic carbocycles. The lowest BCUT2D eigenvalue weighted by Gasteiger charge is -2.09. The maximum atomic E-state index is 11.7. The smallest absolute Gasteiger partial charge is 0.314 e. The van der Waals surface area contributed by atoms with Crippen LogP contribution in [0.5, 0.6) is 0 Å². The van der Waals surface area contributed by atoms with Gasteiger partial charge in [-0.05, 0) is 12.1 Å². The minimum atomic E-state index is -0.878. The van der Waals surface area contributed by atoms with Crippen LogP contribution >= 0.6 is 0 Å². The first-order valence-corrected chi connectivity index (χ1v) is 7.58. The van der Waals surface area contributed by atoms with E-state index >= 15 is 0 Å². The largest absolute Gasteiger partial charge is 0.369 e. The van der Waals surface area contributed by atoms with Gasteiger partial charge in [0.2, 0.25) is 5.95 Å². The summed E-state index contributed by atoms with van der Waals surface area (Å²) in [4.78, 5) is 43.0. The van der Waals surface area contributed by atoms with Gasteiger partial charge in [-0.25, -0.2) is 4.98 Å². The number of nitrogens with zero attached hydrogens (tertiary/aromatic N) is 3. The van der Waals surface area contributed by atoms with Crippen LogP contribution in [-0.4, -0.2) is 24.4 Å². The topological polar surface area (TPSA) is 153 Å². The number of nitro groups is 1. The van der Waals surface area contributed by atoms with Crippen molar-refractivity contribution in [3.8, 4) is 0 Å². The first kappa shape index (κ1) is 15.6. The molecule has 2 heterocycles. The molecule has 4 aromatic rings. The van der Waals surface area contributed by atoms with Gasteiger partial charge in [0.05, 0.1) is 33.5 Å². The predicted molar refractivity (Wildman–Crippen MR) is 95.1 cm³/mol. The summed E-state index contributed by atoms with van der Waals surface area (Å²) in [5, 5.41) is 11.2. The fraction of sp³-hybridized carbons (Fsp3) is 0.0625. The number of nitrogens with one attached hydrogen (secondary N) is 2. The number of nitro benzene ring substituents is 1. The van der Waals surface area contributed by atoms with Crippen LogP contribution in [0.15, 0.2) is 46.0 Å². The third kappa shape index (κ3) is 2.40. The van der Waals surface area contributed by atoms with E-state index in [2.05, 4.69) is 15.0 Å². The van der Waals surface area contributed by atoms with Crippen LogP contribution in [0, 0.1) is 10.1 Å². The third-order valence-electron chi connectivity index (χ3n) is 4.12. The first-order valence-electron chi connectivity index (χ1n) is 7.58. The summed E-state index contributed by atoms with van der Waals surface area (Å²) in [6.07, 6.45) is 0. The van der Waals surface area contributed by atoms with Crippen molar-refractivity contribution in [1.29, 1.82) is 0 Å². The predicted octanol–water partition coefficient (Wildman–Crippen LogP) is 1.10. The maximum Gasteiger partial charge on any atom is 0.314 e. The SMILES string of the molecule is Nc1nc2ccccc2n1Cc1cc([N+](=O)[O-])cc2[nH]c(=O)c(=O)[nH]c12. The standard InChI is InChI=1S/C16H12N6O4/c17-16-19-10-3-1-2-4-12(10)21(16)7-8-5-9(22(25)26)6-11-13(8)20-15(24)14(23)18-11/h1-6H,7H2,(H2,17,19)(H,18,23)(H,20,24). The zero-order valence-electron chi connectivity index (χ0n) is 13.2. The quantitative estimate of drug-likeness (QED) is 0.285. The molecule has 2 aromatic heterocycles. The highest BCUT2D eigenvalue weighted by atomic mass is 16.6. The van der Waals surface area contributed by atoms with Gasteiger partial charge >= 0.3 is 11.1 Å². The van der Waals surface area contributed by atoms with Crippen LogP contribution < -0.4 is 16.9 Å². The van der Waals surface area contributed by atoms with Crippen LogP contribution in [0.2, 0.25) is 0 Å². The summed E-state index contributed by atoms with van der Waals surface area (Å²) >= 11 is 0. The van der Waals surface area contributed by atoms with Crippen molar-refractivity contribution < 1.29 is 4.92 Å². The Morgan fingerprint density at radius 1 is 1.15 bits per heavy atom. The van der Waals surface area contributed by atoms with E-state index in [9.17, 15) is 19.7 Å². The van der Waals surface area contributed by atoms with Crippen LogP contribution in [0.1, 0.15) is 5.56 Å². The van der Waals surface area contributed by atoms with E-state index in [1.165, 1.54) is 12.1 Å². The molecule has 0 fully saturated rings. The number of benzene rings is 2. The van der Waals surface area contributed by atoms with Crippen molar-refractivity contribution >= 4 is 33.7 Å². The van der Waals surface area contributed by atoms with Gasteiger partial charge < -0.3 is 20.3 Å². The molecule has 10 heteroatoms. The molecule has 0 saturated carbocycles. The number of imidazole rings is 1. The second kappa shape index (κ2) is 5.55. The number of hydrogen-bond acceptors (Lipinski definition) is 6. The lowest BCUT2D eigenvalue weighted by atomic mass is 10.1. The van der Waals surface area contributed by atoms with E-state index < -0.39 is 16.0 Å². The molecule has 2 aromatic carbocycles. The van der Waals surface area contributed by atoms with E-state index in [1.807, 2.05) is 18.2 Å². The molecule has 4 N–H and O–H groups in total. The Bertz CT molecular complexity index is 1300. The average molecular weight is 352 g/mol. The van der Waals surface area contributed by atoms with Crippen LogP contribution in [0.4, 0.5) is 11.6 Å². The van der Waals surface area contributed by atoms with Gasteiger partial charge in [0.25, 0.3) is 5.69 Å².